The van der Waals surface area contributed by atoms with E-state index in [-0.39, 0.29) is 33.0 Å². The molecule has 0 bridgehead atoms. The maximum atomic E-state index is 13.7. The standard InChI is InChI=1S/C45H47NO9/c1-33(46-45(48)53-31-38-25-15-6-16-26-38)43(47)55-44-42(52-30-37-23-13-5-14-24-37)41(51-29-36-21-11-4-12-22-36)40(50-28-35-19-9-3-10-20-35)39(54-44)32-49-27-34-17-7-2-8-18-34/h2-26,33,39-42,44H,27-32H2,1H3,(H,46,48)/t33-,39+,40+,41-,42+,44+/m0/s1. The fourth-order valence-electron chi connectivity index (χ4n) is 6.06. The Morgan fingerprint density at radius 3 is 1.42 bits per heavy atom. The normalized spacial score (nSPS) is 19.9. The number of hydrogen-bond donors (Lipinski definition) is 1. The minimum atomic E-state index is -1.26. The fourth-order valence-corrected chi connectivity index (χ4v) is 6.06. The molecule has 0 unspecified atom stereocenters. The smallest absolute Gasteiger partial charge is 0.408 e. The summed E-state index contributed by atoms with van der Waals surface area (Å²) in [5, 5.41) is 2.57. The molecule has 0 aromatic heterocycles. The van der Waals surface area contributed by atoms with Gasteiger partial charge in [-0.2, -0.15) is 0 Å². The van der Waals surface area contributed by atoms with E-state index < -0.39 is 48.8 Å². The average Bonchev–Trinajstić information content (AvgIpc) is 3.23. The summed E-state index contributed by atoms with van der Waals surface area (Å²) < 4.78 is 44.2. The van der Waals surface area contributed by atoms with Crippen LogP contribution in [0, 0.1) is 0 Å². The highest BCUT2D eigenvalue weighted by molar-refractivity contribution is 5.81. The first-order valence-corrected chi connectivity index (χ1v) is 18.4. The highest BCUT2D eigenvalue weighted by Crippen LogP contribution is 2.32. The van der Waals surface area contributed by atoms with Gasteiger partial charge in [0.2, 0.25) is 6.29 Å². The molecule has 5 aromatic rings. The van der Waals surface area contributed by atoms with Gasteiger partial charge in [-0.3, -0.25) is 0 Å². The number of nitrogens with one attached hydrogen (secondary N) is 1. The molecular formula is C45H47NO9. The van der Waals surface area contributed by atoms with Gasteiger partial charge in [0.25, 0.3) is 0 Å². The zero-order valence-corrected chi connectivity index (χ0v) is 30.8. The lowest BCUT2D eigenvalue weighted by atomic mass is 9.97. The monoisotopic (exact) mass is 745 g/mol. The van der Waals surface area contributed by atoms with Crippen molar-refractivity contribution >= 4 is 12.1 Å². The van der Waals surface area contributed by atoms with E-state index in [1.54, 1.807) is 0 Å². The van der Waals surface area contributed by atoms with Crippen LogP contribution in [0.5, 0.6) is 0 Å². The number of carbonyl (C=O) groups excluding carboxylic acids is 2. The van der Waals surface area contributed by atoms with Crippen LogP contribution in [0.25, 0.3) is 0 Å². The molecule has 0 radical (unpaired) electrons. The molecule has 1 aliphatic heterocycles. The zero-order chi connectivity index (χ0) is 38.1. The summed E-state index contributed by atoms with van der Waals surface area (Å²) in [6, 6.07) is 47.3. The van der Waals surface area contributed by atoms with Crippen molar-refractivity contribution < 1.29 is 42.7 Å². The second-order valence-corrected chi connectivity index (χ2v) is 13.2. The summed E-state index contributed by atoms with van der Waals surface area (Å²) in [5.41, 5.74) is 4.61. The molecule has 1 saturated heterocycles. The quantitative estimate of drug-likeness (QED) is 0.0910. The summed E-state index contributed by atoms with van der Waals surface area (Å²) in [6.45, 7) is 2.65. The highest BCUT2D eigenvalue weighted by atomic mass is 16.7. The van der Waals surface area contributed by atoms with Gasteiger partial charge in [0, 0.05) is 0 Å². The number of carbonyl (C=O) groups is 2. The van der Waals surface area contributed by atoms with Crippen LogP contribution in [0.4, 0.5) is 4.79 Å². The van der Waals surface area contributed by atoms with Crippen LogP contribution in [0.15, 0.2) is 152 Å². The topological polar surface area (TPSA) is 111 Å². The van der Waals surface area contributed by atoms with E-state index in [9.17, 15) is 9.59 Å². The molecule has 1 aliphatic rings. The molecule has 1 fully saturated rings. The van der Waals surface area contributed by atoms with Gasteiger partial charge in [0.1, 0.15) is 37.1 Å². The largest absolute Gasteiger partial charge is 0.445 e. The van der Waals surface area contributed by atoms with E-state index >= 15 is 0 Å². The van der Waals surface area contributed by atoms with Crippen molar-refractivity contribution in [3.05, 3.63) is 179 Å². The lowest BCUT2D eigenvalue weighted by molar-refractivity contribution is -0.320. The number of alkyl carbamates (subject to hydrolysis) is 1. The van der Waals surface area contributed by atoms with E-state index in [2.05, 4.69) is 5.32 Å². The third kappa shape index (κ3) is 12.3. The zero-order valence-electron chi connectivity index (χ0n) is 30.8. The van der Waals surface area contributed by atoms with Gasteiger partial charge >= 0.3 is 12.1 Å². The number of rotatable bonds is 18. The van der Waals surface area contributed by atoms with Gasteiger partial charge in [-0.25, -0.2) is 9.59 Å². The van der Waals surface area contributed by atoms with Crippen molar-refractivity contribution in [3.63, 3.8) is 0 Å². The van der Waals surface area contributed by atoms with Crippen LogP contribution in [0.1, 0.15) is 34.7 Å². The van der Waals surface area contributed by atoms with Crippen LogP contribution >= 0.6 is 0 Å². The summed E-state index contributed by atoms with van der Waals surface area (Å²) in [4.78, 5) is 26.4. The lowest BCUT2D eigenvalue weighted by Crippen LogP contribution is -2.62. The van der Waals surface area contributed by atoms with Crippen molar-refractivity contribution in [2.24, 2.45) is 0 Å². The Hall–Kier alpha value is -5.36. The molecule has 0 saturated carbocycles. The van der Waals surface area contributed by atoms with Crippen molar-refractivity contribution in [1.82, 2.24) is 5.32 Å². The highest BCUT2D eigenvalue weighted by Gasteiger charge is 2.50. The van der Waals surface area contributed by atoms with Crippen molar-refractivity contribution in [3.8, 4) is 0 Å². The molecular weight excluding hydrogens is 698 g/mol. The van der Waals surface area contributed by atoms with E-state index in [0.29, 0.717) is 6.61 Å². The van der Waals surface area contributed by atoms with Gasteiger partial charge < -0.3 is 38.5 Å². The number of esters is 1. The first-order chi connectivity index (χ1) is 27.0. The maximum Gasteiger partial charge on any atom is 0.408 e. The van der Waals surface area contributed by atoms with Gasteiger partial charge in [0.15, 0.2) is 0 Å². The van der Waals surface area contributed by atoms with Crippen LogP contribution < -0.4 is 5.32 Å². The Kier molecular flexibility index (Phi) is 15.0. The van der Waals surface area contributed by atoms with Crippen LogP contribution in [-0.2, 0) is 71.0 Å². The van der Waals surface area contributed by atoms with E-state index in [0.717, 1.165) is 27.8 Å². The number of hydrogen-bond acceptors (Lipinski definition) is 9. The summed E-state index contributed by atoms with van der Waals surface area (Å²) in [6.07, 6.45) is -5.22. The molecule has 6 atom stereocenters. The first-order valence-electron chi connectivity index (χ1n) is 18.4. The Morgan fingerprint density at radius 1 is 0.545 bits per heavy atom. The predicted octanol–water partition coefficient (Wildman–Crippen LogP) is 7.54. The van der Waals surface area contributed by atoms with Gasteiger partial charge in [-0.15, -0.1) is 0 Å². The summed E-state index contributed by atoms with van der Waals surface area (Å²) in [7, 11) is 0. The van der Waals surface area contributed by atoms with Crippen molar-refractivity contribution in [1.29, 1.82) is 0 Å². The molecule has 10 nitrogen and oxygen atoms in total. The lowest BCUT2D eigenvalue weighted by Gasteiger charge is -2.45. The molecule has 10 heteroatoms. The van der Waals surface area contributed by atoms with Gasteiger partial charge in [-0.1, -0.05) is 152 Å². The molecule has 0 aliphatic carbocycles. The van der Waals surface area contributed by atoms with E-state index in [1.165, 1.54) is 6.92 Å². The molecule has 6 rings (SSSR count). The minimum absolute atomic E-state index is 0.0467. The predicted molar refractivity (Wildman–Crippen MR) is 205 cm³/mol. The van der Waals surface area contributed by atoms with Crippen LogP contribution in [0.2, 0.25) is 0 Å². The Morgan fingerprint density at radius 2 is 0.945 bits per heavy atom. The summed E-state index contributed by atoms with van der Waals surface area (Å²) in [5.74, 6) is -0.746. The second-order valence-electron chi connectivity index (χ2n) is 13.2. The Labute approximate surface area is 322 Å². The third-order valence-electron chi connectivity index (χ3n) is 8.97. The van der Waals surface area contributed by atoms with Crippen LogP contribution in [0.3, 0.4) is 0 Å². The molecule has 5 aromatic carbocycles. The van der Waals surface area contributed by atoms with Crippen molar-refractivity contribution in [2.75, 3.05) is 6.61 Å². The SMILES string of the molecule is C[C@H](NC(=O)OCc1ccccc1)C(=O)O[C@H]1O[C@H](COCc2ccccc2)[C@@H](OCc2ccccc2)[C@H](OCc2ccccc2)[C@H]1OCc1ccccc1. The van der Waals surface area contributed by atoms with Crippen LogP contribution in [-0.4, -0.2) is 55.4 Å². The minimum Gasteiger partial charge on any atom is -0.445 e. The van der Waals surface area contributed by atoms with Gasteiger partial charge in [0.05, 0.1) is 33.0 Å². The third-order valence-corrected chi connectivity index (χ3v) is 8.97. The maximum absolute atomic E-state index is 13.7. The second kappa shape index (κ2) is 20.9. The van der Waals surface area contributed by atoms with Gasteiger partial charge in [-0.05, 0) is 34.7 Å². The Bertz CT molecular complexity index is 1850. The summed E-state index contributed by atoms with van der Waals surface area (Å²) >= 11 is 0. The number of benzene rings is 5. The van der Waals surface area contributed by atoms with E-state index in [1.807, 2.05) is 152 Å². The van der Waals surface area contributed by atoms with Crippen molar-refractivity contribution in [2.45, 2.75) is 76.7 Å². The fraction of sp³-hybridized carbons (Fsp3) is 0.289. The van der Waals surface area contributed by atoms with E-state index in [4.69, 9.17) is 33.2 Å². The first kappa shape index (κ1) is 39.3. The molecule has 1 amide bonds. The average molecular weight is 746 g/mol. The molecule has 0 spiro atoms. The molecule has 286 valence electrons. The molecule has 1 heterocycles. The molecule has 1 N–H and O–H groups in total. The number of ether oxygens (including phenoxy) is 7. The Balaban J connectivity index is 1.25. The molecule has 55 heavy (non-hydrogen) atoms. The number of amides is 1.